The molecule has 1 aromatic rings. The third-order valence-corrected chi connectivity index (χ3v) is 3.83. The van der Waals surface area contributed by atoms with E-state index in [1.54, 1.807) is 7.11 Å². The van der Waals surface area contributed by atoms with Crippen LogP contribution in [0.1, 0.15) is 30.3 Å². The van der Waals surface area contributed by atoms with Gasteiger partial charge in [0.1, 0.15) is 0 Å². The number of aryl methyl sites for hydroxylation is 2. The minimum absolute atomic E-state index is 0.751. The SMILES string of the molecule is CCn1nc(C)c(CN(C)C(=S)NCCCOC)c1C. The topological polar surface area (TPSA) is 42.3 Å². The van der Waals surface area contributed by atoms with Crippen LogP contribution >= 0.6 is 12.2 Å². The highest BCUT2D eigenvalue weighted by Crippen LogP contribution is 2.15. The molecule has 1 aromatic heterocycles. The lowest BCUT2D eigenvalue weighted by atomic mass is 10.2. The highest BCUT2D eigenvalue weighted by molar-refractivity contribution is 7.80. The summed E-state index contributed by atoms with van der Waals surface area (Å²) in [6.07, 6.45) is 0.955. The maximum Gasteiger partial charge on any atom is 0.168 e. The Morgan fingerprint density at radius 3 is 2.70 bits per heavy atom. The molecule has 1 heterocycles. The van der Waals surface area contributed by atoms with Crippen LogP contribution in [0.25, 0.3) is 0 Å². The number of nitrogens with one attached hydrogen (secondary N) is 1. The van der Waals surface area contributed by atoms with E-state index in [1.807, 2.05) is 11.7 Å². The zero-order valence-corrected chi connectivity index (χ0v) is 14.0. The van der Waals surface area contributed by atoms with Crippen molar-refractivity contribution in [3.05, 3.63) is 17.0 Å². The fourth-order valence-corrected chi connectivity index (χ4v) is 2.29. The van der Waals surface area contributed by atoms with Crippen LogP contribution in [0.5, 0.6) is 0 Å². The Morgan fingerprint density at radius 1 is 1.45 bits per heavy atom. The molecule has 0 aromatic carbocycles. The Balaban J connectivity index is 2.55. The largest absolute Gasteiger partial charge is 0.385 e. The molecule has 1 rings (SSSR count). The second-order valence-electron chi connectivity index (χ2n) is 4.90. The molecule has 0 fully saturated rings. The van der Waals surface area contributed by atoms with Crippen molar-refractivity contribution in [2.75, 3.05) is 27.3 Å². The van der Waals surface area contributed by atoms with Crippen molar-refractivity contribution in [2.45, 2.75) is 40.3 Å². The Morgan fingerprint density at radius 2 is 2.15 bits per heavy atom. The van der Waals surface area contributed by atoms with Crippen molar-refractivity contribution >= 4 is 17.3 Å². The summed E-state index contributed by atoms with van der Waals surface area (Å²) in [4.78, 5) is 2.05. The van der Waals surface area contributed by atoms with Crippen LogP contribution in [0.15, 0.2) is 0 Å². The van der Waals surface area contributed by atoms with Crippen LogP contribution in [0.2, 0.25) is 0 Å². The number of hydrogen-bond acceptors (Lipinski definition) is 3. The lowest BCUT2D eigenvalue weighted by Gasteiger charge is -2.21. The zero-order valence-electron chi connectivity index (χ0n) is 13.2. The van der Waals surface area contributed by atoms with Gasteiger partial charge in [-0.15, -0.1) is 0 Å². The maximum atomic E-state index is 5.39. The molecule has 0 unspecified atom stereocenters. The van der Waals surface area contributed by atoms with Gasteiger partial charge in [0, 0.05) is 51.7 Å². The number of nitrogens with zero attached hydrogens (tertiary/aromatic N) is 3. The first-order valence-electron chi connectivity index (χ1n) is 7.02. The van der Waals surface area contributed by atoms with E-state index in [0.29, 0.717) is 0 Å². The van der Waals surface area contributed by atoms with Crippen LogP contribution in [0.3, 0.4) is 0 Å². The Labute approximate surface area is 127 Å². The van der Waals surface area contributed by atoms with Gasteiger partial charge in [-0.05, 0) is 39.4 Å². The van der Waals surface area contributed by atoms with Gasteiger partial charge in [-0.25, -0.2) is 0 Å². The predicted octanol–water partition coefficient (Wildman–Crippen LogP) is 1.86. The molecule has 0 atom stereocenters. The fraction of sp³-hybridized carbons (Fsp3) is 0.714. The Bertz CT molecular complexity index is 445. The first kappa shape index (κ1) is 16.9. The molecule has 0 aliphatic carbocycles. The molecule has 0 spiro atoms. The number of thiocarbonyl (C=S) groups is 1. The molecule has 0 radical (unpaired) electrons. The van der Waals surface area contributed by atoms with E-state index in [0.717, 1.165) is 43.5 Å². The molecular formula is C14H26N4OS. The first-order valence-corrected chi connectivity index (χ1v) is 7.42. The van der Waals surface area contributed by atoms with Crippen molar-refractivity contribution in [2.24, 2.45) is 0 Å². The third-order valence-electron chi connectivity index (χ3n) is 3.37. The van der Waals surface area contributed by atoms with Crippen molar-refractivity contribution in [1.29, 1.82) is 0 Å². The van der Waals surface area contributed by atoms with E-state index in [9.17, 15) is 0 Å². The second kappa shape index (κ2) is 8.21. The van der Waals surface area contributed by atoms with Crippen LogP contribution < -0.4 is 5.32 Å². The van der Waals surface area contributed by atoms with E-state index >= 15 is 0 Å². The van der Waals surface area contributed by atoms with E-state index in [4.69, 9.17) is 17.0 Å². The van der Waals surface area contributed by atoms with Gasteiger partial charge in [-0.3, -0.25) is 4.68 Å². The van der Waals surface area contributed by atoms with E-state index in [1.165, 1.54) is 11.3 Å². The summed E-state index contributed by atoms with van der Waals surface area (Å²) in [6.45, 7) is 9.54. The summed E-state index contributed by atoms with van der Waals surface area (Å²) in [5.74, 6) is 0. The van der Waals surface area contributed by atoms with Gasteiger partial charge in [0.2, 0.25) is 0 Å². The molecule has 20 heavy (non-hydrogen) atoms. The molecular weight excluding hydrogens is 272 g/mol. The number of ether oxygens (including phenoxy) is 1. The van der Waals surface area contributed by atoms with Crippen molar-refractivity contribution in [3.8, 4) is 0 Å². The average molecular weight is 298 g/mol. The molecule has 0 aliphatic rings. The minimum Gasteiger partial charge on any atom is -0.385 e. The van der Waals surface area contributed by atoms with Gasteiger partial charge in [-0.1, -0.05) is 0 Å². The maximum absolute atomic E-state index is 5.39. The third kappa shape index (κ3) is 4.45. The smallest absolute Gasteiger partial charge is 0.168 e. The average Bonchev–Trinajstić information content (AvgIpc) is 2.70. The van der Waals surface area contributed by atoms with E-state index in [-0.39, 0.29) is 0 Å². The Hall–Kier alpha value is -1.14. The molecule has 0 amide bonds. The summed E-state index contributed by atoms with van der Waals surface area (Å²) in [5.41, 5.74) is 3.56. The van der Waals surface area contributed by atoms with Crippen LogP contribution in [0, 0.1) is 13.8 Å². The van der Waals surface area contributed by atoms with E-state index in [2.05, 4.69) is 36.1 Å². The summed E-state index contributed by atoms with van der Waals surface area (Å²) < 4.78 is 7.05. The summed E-state index contributed by atoms with van der Waals surface area (Å²) in [7, 11) is 3.72. The molecule has 5 nitrogen and oxygen atoms in total. The van der Waals surface area contributed by atoms with Crippen molar-refractivity contribution < 1.29 is 4.74 Å². The van der Waals surface area contributed by atoms with Gasteiger partial charge in [0.25, 0.3) is 0 Å². The number of aromatic nitrogens is 2. The molecule has 0 saturated carbocycles. The molecule has 0 saturated heterocycles. The highest BCUT2D eigenvalue weighted by Gasteiger charge is 2.13. The van der Waals surface area contributed by atoms with Crippen molar-refractivity contribution in [3.63, 3.8) is 0 Å². The fourth-order valence-electron chi connectivity index (χ4n) is 2.13. The number of hydrogen-bond donors (Lipinski definition) is 1. The van der Waals surface area contributed by atoms with Crippen molar-refractivity contribution in [1.82, 2.24) is 20.0 Å². The monoisotopic (exact) mass is 298 g/mol. The van der Waals surface area contributed by atoms with Crippen LogP contribution in [-0.2, 0) is 17.8 Å². The normalized spacial score (nSPS) is 10.7. The summed E-state index contributed by atoms with van der Waals surface area (Å²) in [6, 6.07) is 0. The quantitative estimate of drug-likeness (QED) is 0.615. The second-order valence-corrected chi connectivity index (χ2v) is 5.29. The molecule has 6 heteroatoms. The standard InChI is InChI=1S/C14H26N4OS/c1-6-18-12(3)13(11(2)16-18)10-17(4)14(20)15-8-7-9-19-5/h6-10H2,1-5H3,(H,15,20). The van der Waals surface area contributed by atoms with Gasteiger partial charge < -0.3 is 15.0 Å². The summed E-state index contributed by atoms with van der Waals surface area (Å²) >= 11 is 5.39. The molecule has 0 aliphatic heterocycles. The van der Waals surface area contributed by atoms with E-state index < -0.39 is 0 Å². The van der Waals surface area contributed by atoms with Gasteiger partial charge >= 0.3 is 0 Å². The summed E-state index contributed by atoms with van der Waals surface area (Å²) in [5, 5.41) is 8.55. The molecule has 1 N–H and O–H groups in total. The van der Waals surface area contributed by atoms with Crippen LogP contribution in [-0.4, -0.2) is 47.1 Å². The molecule has 0 bridgehead atoms. The van der Waals surface area contributed by atoms with Gasteiger partial charge in [-0.2, -0.15) is 5.10 Å². The Kier molecular flexibility index (Phi) is 6.95. The molecule has 114 valence electrons. The highest BCUT2D eigenvalue weighted by atomic mass is 32.1. The van der Waals surface area contributed by atoms with Gasteiger partial charge in [0.15, 0.2) is 5.11 Å². The lowest BCUT2D eigenvalue weighted by Crippen LogP contribution is -2.37. The number of methoxy groups -OCH3 is 1. The zero-order chi connectivity index (χ0) is 15.1. The predicted molar refractivity (Wildman–Crippen MR) is 85.9 cm³/mol. The number of rotatable bonds is 7. The minimum atomic E-state index is 0.751. The first-order chi connectivity index (χ1) is 9.51. The van der Waals surface area contributed by atoms with Gasteiger partial charge in [0.05, 0.1) is 5.69 Å². The lowest BCUT2D eigenvalue weighted by molar-refractivity contribution is 0.195. The van der Waals surface area contributed by atoms with Crippen LogP contribution in [0.4, 0.5) is 0 Å².